The number of aromatic nitrogens is 2. The van der Waals surface area contributed by atoms with Gasteiger partial charge < -0.3 is 16.5 Å². The predicted octanol–water partition coefficient (Wildman–Crippen LogP) is 0.391. The molecule has 2 rings (SSSR count). The molecular weight excluding hydrogens is 176 g/mol. The van der Waals surface area contributed by atoms with Crippen molar-refractivity contribution < 1.29 is 0 Å². The number of H-pyrrole nitrogens is 1. The maximum Gasteiger partial charge on any atom is 0.108 e. The molecule has 4 heteroatoms. The zero-order valence-electron chi connectivity index (χ0n) is 7.90. The monoisotopic (exact) mass is 190 g/mol. The van der Waals surface area contributed by atoms with Crippen LogP contribution in [0, 0.1) is 0 Å². The van der Waals surface area contributed by atoms with Crippen LogP contribution in [0.2, 0.25) is 0 Å². The Morgan fingerprint density at radius 2 is 2.14 bits per heavy atom. The number of nitrogens with one attached hydrogen (secondary N) is 1. The molecule has 0 bridgehead atoms. The normalized spacial score (nSPS) is 13.3. The third-order valence-corrected chi connectivity index (χ3v) is 2.20. The zero-order valence-corrected chi connectivity index (χ0v) is 7.90. The minimum Gasteiger partial charge on any atom is -0.342 e. The van der Waals surface area contributed by atoms with Crippen LogP contribution in [0.1, 0.15) is 5.82 Å². The first-order valence-corrected chi connectivity index (χ1v) is 4.69. The van der Waals surface area contributed by atoms with Crippen molar-refractivity contribution in [1.29, 1.82) is 0 Å². The first-order valence-electron chi connectivity index (χ1n) is 4.69. The molecule has 14 heavy (non-hydrogen) atoms. The summed E-state index contributed by atoms with van der Waals surface area (Å²) >= 11 is 0. The fourth-order valence-corrected chi connectivity index (χ4v) is 1.43. The third kappa shape index (κ3) is 1.76. The Labute approximate surface area is 82.3 Å². The second kappa shape index (κ2) is 3.77. The van der Waals surface area contributed by atoms with E-state index in [4.69, 9.17) is 11.5 Å². The van der Waals surface area contributed by atoms with E-state index in [-0.39, 0.29) is 6.04 Å². The standard InChI is InChI=1S/C10H14N4/c11-6-7(12)5-10-13-8-3-1-2-4-9(8)14-10/h1-4,7H,5-6,11-12H2,(H,13,14). The van der Waals surface area contributed by atoms with Crippen LogP contribution >= 0.6 is 0 Å². The van der Waals surface area contributed by atoms with Gasteiger partial charge in [0, 0.05) is 19.0 Å². The molecule has 0 amide bonds. The number of nitrogens with two attached hydrogens (primary N) is 2. The summed E-state index contributed by atoms with van der Waals surface area (Å²) < 4.78 is 0. The second-order valence-corrected chi connectivity index (χ2v) is 3.40. The first-order chi connectivity index (χ1) is 6.79. The van der Waals surface area contributed by atoms with Crippen molar-refractivity contribution in [2.45, 2.75) is 12.5 Å². The fourth-order valence-electron chi connectivity index (χ4n) is 1.43. The summed E-state index contributed by atoms with van der Waals surface area (Å²) in [6.45, 7) is 0.483. The topological polar surface area (TPSA) is 80.7 Å². The molecule has 2 aromatic rings. The van der Waals surface area contributed by atoms with Crippen LogP contribution in [0.25, 0.3) is 11.0 Å². The number of aromatic amines is 1. The quantitative estimate of drug-likeness (QED) is 0.655. The number of benzene rings is 1. The molecule has 0 aliphatic carbocycles. The molecule has 5 N–H and O–H groups in total. The fraction of sp³-hybridized carbons (Fsp3) is 0.300. The molecule has 0 fully saturated rings. The predicted molar refractivity (Wildman–Crippen MR) is 56.8 cm³/mol. The number of hydrogen-bond donors (Lipinski definition) is 3. The van der Waals surface area contributed by atoms with E-state index in [2.05, 4.69) is 9.97 Å². The Morgan fingerprint density at radius 3 is 2.86 bits per heavy atom. The van der Waals surface area contributed by atoms with Crippen molar-refractivity contribution in [3.63, 3.8) is 0 Å². The van der Waals surface area contributed by atoms with Crippen molar-refractivity contribution in [1.82, 2.24) is 9.97 Å². The molecule has 0 aliphatic rings. The molecule has 0 radical (unpaired) electrons. The van der Waals surface area contributed by atoms with Gasteiger partial charge in [0.05, 0.1) is 11.0 Å². The minimum absolute atomic E-state index is 0.0180. The molecule has 0 aliphatic heterocycles. The molecule has 0 saturated heterocycles. The van der Waals surface area contributed by atoms with Crippen molar-refractivity contribution in [2.75, 3.05) is 6.54 Å². The number of nitrogens with zero attached hydrogens (tertiary/aromatic N) is 1. The molecule has 1 atom stereocenters. The smallest absolute Gasteiger partial charge is 0.108 e. The SMILES string of the molecule is NCC(N)Cc1nc2ccccc2[nH]1. The van der Waals surface area contributed by atoms with Gasteiger partial charge in [0.2, 0.25) is 0 Å². The molecule has 0 spiro atoms. The van der Waals surface area contributed by atoms with Crippen molar-refractivity contribution >= 4 is 11.0 Å². The van der Waals surface area contributed by atoms with Crippen LogP contribution < -0.4 is 11.5 Å². The molecule has 1 unspecified atom stereocenters. The highest BCUT2D eigenvalue weighted by Crippen LogP contribution is 2.10. The van der Waals surface area contributed by atoms with Crippen molar-refractivity contribution in [2.24, 2.45) is 11.5 Å². The van der Waals surface area contributed by atoms with E-state index in [1.807, 2.05) is 24.3 Å². The molecule has 0 saturated carbocycles. The van der Waals surface area contributed by atoms with Gasteiger partial charge in [0.1, 0.15) is 5.82 Å². The summed E-state index contributed by atoms with van der Waals surface area (Å²) in [7, 11) is 0. The Kier molecular flexibility index (Phi) is 2.47. The average Bonchev–Trinajstić information content (AvgIpc) is 2.59. The zero-order chi connectivity index (χ0) is 9.97. The lowest BCUT2D eigenvalue weighted by Gasteiger charge is -2.04. The van der Waals surface area contributed by atoms with E-state index >= 15 is 0 Å². The van der Waals surface area contributed by atoms with Crippen LogP contribution in [0.3, 0.4) is 0 Å². The summed E-state index contributed by atoms with van der Waals surface area (Å²) in [5.74, 6) is 0.907. The summed E-state index contributed by atoms with van der Waals surface area (Å²) in [4.78, 5) is 7.62. The molecule has 74 valence electrons. The largest absolute Gasteiger partial charge is 0.342 e. The molecular formula is C10H14N4. The highest BCUT2D eigenvalue weighted by Gasteiger charge is 2.05. The summed E-state index contributed by atoms with van der Waals surface area (Å²) in [6, 6.07) is 7.90. The molecule has 1 aromatic heterocycles. The lowest BCUT2D eigenvalue weighted by molar-refractivity contribution is 0.660. The number of hydrogen-bond acceptors (Lipinski definition) is 3. The van der Waals surface area contributed by atoms with E-state index < -0.39 is 0 Å². The Bertz CT molecular complexity index is 388. The summed E-state index contributed by atoms with van der Waals surface area (Å²) in [5, 5.41) is 0. The molecule has 1 aromatic carbocycles. The first kappa shape index (κ1) is 9.18. The van der Waals surface area contributed by atoms with Crippen molar-refractivity contribution in [3.05, 3.63) is 30.1 Å². The van der Waals surface area contributed by atoms with Gasteiger partial charge in [-0.2, -0.15) is 0 Å². The van der Waals surface area contributed by atoms with E-state index in [1.165, 1.54) is 0 Å². The average molecular weight is 190 g/mol. The summed E-state index contributed by atoms with van der Waals surface area (Å²) in [5.41, 5.74) is 13.2. The highest BCUT2D eigenvalue weighted by molar-refractivity contribution is 5.74. The molecule has 4 nitrogen and oxygen atoms in total. The van der Waals surface area contributed by atoms with E-state index in [1.54, 1.807) is 0 Å². The van der Waals surface area contributed by atoms with Gasteiger partial charge >= 0.3 is 0 Å². The van der Waals surface area contributed by atoms with Crippen LogP contribution in [0.4, 0.5) is 0 Å². The molecule has 1 heterocycles. The number of imidazole rings is 1. The Balaban J connectivity index is 2.27. The van der Waals surface area contributed by atoms with E-state index in [0.29, 0.717) is 13.0 Å². The van der Waals surface area contributed by atoms with Gasteiger partial charge in [0.25, 0.3) is 0 Å². The third-order valence-electron chi connectivity index (χ3n) is 2.20. The van der Waals surface area contributed by atoms with Gasteiger partial charge in [-0.15, -0.1) is 0 Å². The van der Waals surface area contributed by atoms with Crippen molar-refractivity contribution in [3.8, 4) is 0 Å². The van der Waals surface area contributed by atoms with Crippen LogP contribution in [-0.2, 0) is 6.42 Å². The summed E-state index contributed by atoms with van der Waals surface area (Å²) in [6.07, 6.45) is 0.700. The minimum atomic E-state index is -0.0180. The Morgan fingerprint density at radius 1 is 1.36 bits per heavy atom. The highest BCUT2D eigenvalue weighted by atomic mass is 14.9. The number of rotatable bonds is 3. The van der Waals surface area contributed by atoms with Crippen LogP contribution in [-0.4, -0.2) is 22.6 Å². The van der Waals surface area contributed by atoms with Crippen LogP contribution in [0.15, 0.2) is 24.3 Å². The van der Waals surface area contributed by atoms with E-state index in [0.717, 1.165) is 16.9 Å². The van der Waals surface area contributed by atoms with Gasteiger partial charge in [-0.1, -0.05) is 12.1 Å². The lowest BCUT2D eigenvalue weighted by atomic mass is 10.2. The maximum atomic E-state index is 5.74. The Hall–Kier alpha value is -1.39. The lowest BCUT2D eigenvalue weighted by Crippen LogP contribution is -2.32. The number of fused-ring (bicyclic) bond motifs is 1. The van der Waals surface area contributed by atoms with Crippen LogP contribution in [0.5, 0.6) is 0 Å². The number of para-hydroxylation sites is 2. The second-order valence-electron chi connectivity index (χ2n) is 3.40. The van der Waals surface area contributed by atoms with Gasteiger partial charge in [0.15, 0.2) is 0 Å². The van der Waals surface area contributed by atoms with Gasteiger partial charge in [-0.3, -0.25) is 0 Å². The van der Waals surface area contributed by atoms with Gasteiger partial charge in [-0.25, -0.2) is 4.98 Å². The van der Waals surface area contributed by atoms with Gasteiger partial charge in [-0.05, 0) is 12.1 Å². The van der Waals surface area contributed by atoms with E-state index in [9.17, 15) is 0 Å². The maximum absolute atomic E-state index is 5.74.